The van der Waals surface area contributed by atoms with Crippen molar-refractivity contribution in [2.45, 2.75) is 18.6 Å². The number of nitrogens with zero attached hydrogens (tertiary/aromatic N) is 2. The van der Waals surface area contributed by atoms with E-state index in [-0.39, 0.29) is 0 Å². The summed E-state index contributed by atoms with van der Waals surface area (Å²) in [6.45, 7) is 3.38. The van der Waals surface area contributed by atoms with Crippen molar-refractivity contribution >= 4 is 10.9 Å². The smallest absolute Gasteiger partial charge is 0.0912 e. The normalized spacial score (nSPS) is 24.0. The quantitative estimate of drug-likeness (QED) is 0.890. The maximum atomic E-state index is 10.6. The van der Waals surface area contributed by atoms with Gasteiger partial charge in [-0.05, 0) is 49.7 Å². The summed E-state index contributed by atoms with van der Waals surface area (Å²) >= 11 is 0. The van der Waals surface area contributed by atoms with Gasteiger partial charge in [0.2, 0.25) is 0 Å². The molecule has 1 fully saturated rings. The fourth-order valence-electron chi connectivity index (χ4n) is 3.25. The van der Waals surface area contributed by atoms with Crippen molar-refractivity contribution in [3.8, 4) is 0 Å². The largest absolute Gasteiger partial charge is 0.387 e. The van der Waals surface area contributed by atoms with Crippen LogP contribution in [-0.2, 0) is 6.54 Å². The number of hydrogen-bond donors (Lipinski definition) is 2. The molecule has 4 heteroatoms. The van der Waals surface area contributed by atoms with Crippen molar-refractivity contribution in [1.82, 2.24) is 14.8 Å². The number of fused-ring (bicyclic) bond motifs is 1. The van der Waals surface area contributed by atoms with Gasteiger partial charge in [-0.15, -0.1) is 0 Å². The van der Waals surface area contributed by atoms with Gasteiger partial charge in [0.15, 0.2) is 0 Å². The molecule has 0 saturated carbocycles. The molecule has 1 atom stereocenters. The molecule has 0 aliphatic carbocycles. The third kappa shape index (κ3) is 2.87. The van der Waals surface area contributed by atoms with Crippen molar-refractivity contribution in [3.63, 3.8) is 0 Å². The second kappa shape index (κ2) is 5.20. The molecule has 20 heavy (non-hydrogen) atoms. The fraction of sp³-hybridized carbons (Fsp3) is 0.500. The number of nitrogens with one attached hydrogen (secondary N) is 1. The van der Waals surface area contributed by atoms with Crippen LogP contribution in [0, 0.1) is 0 Å². The van der Waals surface area contributed by atoms with Gasteiger partial charge in [-0.2, -0.15) is 0 Å². The van der Waals surface area contributed by atoms with Gasteiger partial charge in [0.25, 0.3) is 0 Å². The number of rotatable bonds is 4. The van der Waals surface area contributed by atoms with Crippen LogP contribution in [0.2, 0.25) is 0 Å². The van der Waals surface area contributed by atoms with E-state index in [1.54, 1.807) is 0 Å². The monoisotopic (exact) mass is 273 g/mol. The SMILES string of the molecule is CN(C)C[C@@]1(O)CCN(Cc2ccc3[nH]ccc3c2)C1. The van der Waals surface area contributed by atoms with Crippen LogP contribution in [0.15, 0.2) is 30.5 Å². The van der Waals surface area contributed by atoms with Gasteiger partial charge < -0.3 is 15.0 Å². The summed E-state index contributed by atoms with van der Waals surface area (Å²) in [7, 11) is 4.03. The number of aromatic nitrogens is 1. The van der Waals surface area contributed by atoms with Crippen LogP contribution in [0.1, 0.15) is 12.0 Å². The topological polar surface area (TPSA) is 42.5 Å². The van der Waals surface area contributed by atoms with E-state index < -0.39 is 5.60 Å². The summed E-state index contributed by atoms with van der Waals surface area (Å²) in [5.74, 6) is 0. The van der Waals surface area contributed by atoms with Crippen molar-refractivity contribution in [2.75, 3.05) is 33.7 Å². The molecule has 1 aromatic heterocycles. The van der Waals surface area contributed by atoms with Crippen LogP contribution in [0.25, 0.3) is 10.9 Å². The van der Waals surface area contributed by atoms with Crippen LogP contribution >= 0.6 is 0 Å². The number of aliphatic hydroxyl groups is 1. The zero-order valence-electron chi connectivity index (χ0n) is 12.3. The second-order valence-electron chi connectivity index (χ2n) is 6.32. The Bertz CT molecular complexity index is 592. The first-order chi connectivity index (χ1) is 9.54. The fourth-order valence-corrected chi connectivity index (χ4v) is 3.25. The highest BCUT2D eigenvalue weighted by Gasteiger charge is 2.36. The average Bonchev–Trinajstić information content (AvgIpc) is 2.95. The van der Waals surface area contributed by atoms with Gasteiger partial charge in [0.1, 0.15) is 0 Å². The first-order valence-corrected chi connectivity index (χ1v) is 7.20. The van der Waals surface area contributed by atoms with Crippen LogP contribution in [0.4, 0.5) is 0 Å². The zero-order valence-corrected chi connectivity index (χ0v) is 12.3. The van der Waals surface area contributed by atoms with Gasteiger partial charge in [-0.1, -0.05) is 6.07 Å². The summed E-state index contributed by atoms with van der Waals surface area (Å²) in [6, 6.07) is 8.63. The lowest BCUT2D eigenvalue weighted by Crippen LogP contribution is -2.42. The van der Waals surface area contributed by atoms with E-state index in [1.807, 2.05) is 20.3 Å². The number of β-amino-alcohol motifs (C(OH)–C–C–N with tert-alkyl or cyclic N) is 1. The standard InChI is InChI=1S/C16H23N3O/c1-18(2)11-16(20)6-8-19(12-16)10-13-3-4-15-14(9-13)5-7-17-15/h3-5,7,9,17,20H,6,8,10-12H2,1-2H3/t16-/m0/s1. The molecule has 2 aromatic rings. The molecule has 2 N–H and O–H groups in total. The minimum absolute atomic E-state index is 0.554. The Kier molecular flexibility index (Phi) is 3.54. The summed E-state index contributed by atoms with van der Waals surface area (Å²) in [5.41, 5.74) is 1.94. The number of likely N-dealkylation sites (tertiary alicyclic amines) is 1. The first-order valence-electron chi connectivity index (χ1n) is 7.20. The van der Waals surface area contributed by atoms with E-state index >= 15 is 0 Å². The zero-order chi connectivity index (χ0) is 14.2. The molecule has 1 aliphatic heterocycles. The van der Waals surface area contributed by atoms with E-state index in [0.29, 0.717) is 0 Å². The number of likely N-dealkylation sites (N-methyl/N-ethyl adjacent to an activating group) is 1. The summed E-state index contributed by atoms with van der Waals surface area (Å²) in [6.07, 6.45) is 2.83. The van der Waals surface area contributed by atoms with Crippen LogP contribution in [0.5, 0.6) is 0 Å². The van der Waals surface area contributed by atoms with E-state index in [1.165, 1.54) is 16.5 Å². The number of H-pyrrole nitrogens is 1. The van der Waals surface area contributed by atoms with Gasteiger partial charge >= 0.3 is 0 Å². The maximum Gasteiger partial charge on any atom is 0.0912 e. The van der Waals surface area contributed by atoms with Crippen molar-refractivity contribution in [2.24, 2.45) is 0 Å². The Morgan fingerprint density at radius 1 is 1.35 bits per heavy atom. The highest BCUT2D eigenvalue weighted by atomic mass is 16.3. The minimum atomic E-state index is -0.554. The van der Waals surface area contributed by atoms with E-state index in [2.05, 4.69) is 39.0 Å². The molecule has 0 amide bonds. The Hall–Kier alpha value is -1.36. The van der Waals surface area contributed by atoms with Crippen molar-refractivity contribution in [1.29, 1.82) is 0 Å². The predicted octanol–water partition coefficient (Wildman–Crippen LogP) is 1.67. The molecule has 108 valence electrons. The van der Waals surface area contributed by atoms with Gasteiger partial charge in [-0.3, -0.25) is 4.90 Å². The highest BCUT2D eigenvalue weighted by molar-refractivity contribution is 5.79. The molecular formula is C16H23N3O. The van der Waals surface area contributed by atoms with Gasteiger partial charge in [-0.25, -0.2) is 0 Å². The van der Waals surface area contributed by atoms with Crippen LogP contribution < -0.4 is 0 Å². The average molecular weight is 273 g/mol. The molecule has 0 bridgehead atoms. The lowest BCUT2D eigenvalue weighted by molar-refractivity contribution is 0.0240. The third-order valence-electron chi connectivity index (χ3n) is 4.05. The first kappa shape index (κ1) is 13.6. The second-order valence-corrected chi connectivity index (χ2v) is 6.32. The number of benzene rings is 1. The van der Waals surface area contributed by atoms with Crippen molar-refractivity contribution < 1.29 is 5.11 Å². The molecule has 1 aromatic carbocycles. The maximum absolute atomic E-state index is 10.6. The Balaban J connectivity index is 1.66. The van der Waals surface area contributed by atoms with Crippen LogP contribution in [0.3, 0.4) is 0 Å². The molecule has 3 rings (SSSR count). The van der Waals surface area contributed by atoms with Crippen molar-refractivity contribution in [3.05, 3.63) is 36.0 Å². The number of hydrogen-bond acceptors (Lipinski definition) is 3. The predicted molar refractivity (Wildman–Crippen MR) is 81.7 cm³/mol. The van der Waals surface area contributed by atoms with E-state index in [0.717, 1.165) is 32.6 Å². The Morgan fingerprint density at radius 3 is 3.00 bits per heavy atom. The lowest BCUT2D eigenvalue weighted by atomic mass is 10.0. The molecule has 4 nitrogen and oxygen atoms in total. The van der Waals surface area contributed by atoms with Gasteiger partial charge in [0.05, 0.1) is 5.60 Å². The highest BCUT2D eigenvalue weighted by Crippen LogP contribution is 2.24. The molecular weight excluding hydrogens is 250 g/mol. The van der Waals surface area contributed by atoms with Gasteiger partial charge in [0, 0.05) is 37.9 Å². The molecule has 0 radical (unpaired) electrons. The molecule has 1 aliphatic rings. The Morgan fingerprint density at radius 2 is 2.20 bits per heavy atom. The number of aromatic amines is 1. The molecule has 0 unspecified atom stereocenters. The third-order valence-corrected chi connectivity index (χ3v) is 4.05. The molecule has 1 saturated heterocycles. The molecule has 0 spiro atoms. The molecule has 2 heterocycles. The van der Waals surface area contributed by atoms with E-state index in [9.17, 15) is 5.11 Å². The summed E-state index contributed by atoms with van der Waals surface area (Å²) in [5, 5.41) is 11.8. The summed E-state index contributed by atoms with van der Waals surface area (Å²) < 4.78 is 0. The lowest BCUT2D eigenvalue weighted by Gasteiger charge is -2.26. The van der Waals surface area contributed by atoms with E-state index in [4.69, 9.17) is 0 Å². The summed E-state index contributed by atoms with van der Waals surface area (Å²) in [4.78, 5) is 7.63. The van der Waals surface area contributed by atoms with Crippen LogP contribution in [-0.4, -0.2) is 59.2 Å². The Labute approximate surface area is 120 Å². The minimum Gasteiger partial charge on any atom is -0.387 e.